The Bertz CT molecular complexity index is 354. The minimum atomic E-state index is 0.0508. The second kappa shape index (κ2) is 5.44. The summed E-state index contributed by atoms with van der Waals surface area (Å²) in [6.45, 7) is 5.34. The fraction of sp³-hybridized carbons (Fsp3) is 0.385. The Morgan fingerprint density at radius 3 is 2.40 bits per heavy atom. The van der Waals surface area contributed by atoms with Crippen LogP contribution in [0.5, 0.6) is 0 Å². The van der Waals surface area contributed by atoms with Crippen molar-refractivity contribution < 1.29 is 4.79 Å². The molecule has 2 nitrogen and oxygen atoms in total. The van der Waals surface area contributed by atoms with Crippen LogP contribution in [-0.2, 0) is 11.2 Å². The van der Waals surface area contributed by atoms with Crippen molar-refractivity contribution in [1.29, 1.82) is 0 Å². The summed E-state index contributed by atoms with van der Waals surface area (Å²) in [6, 6.07) is 10.4. The molecule has 0 amide bonds. The Hall–Kier alpha value is -1.44. The summed E-state index contributed by atoms with van der Waals surface area (Å²) in [6.07, 6.45) is 0.880. The van der Waals surface area contributed by atoms with Crippen molar-refractivity contribution in [3.63, 3.8) is 0 Å². The Labute approximate surface area is 91.0 Å². The van der Waals surface area contributed by atoms with Crippen molar-refractivity contribution in [3.05, 3.63) is 35.9 Å². The molecule has 0 bridgehead atoms. The predicted molar refractivity (Wildman–Crippen MR) is 63.4 cm³/mol. The molecule has 1 aromatic carbocycles. The molecular weight excluding hydrogens is 186 g/mol. The molecule has 0 unspecified atom stereocenters. The van der Waals surface area contributed by atoms with Crippen LogP contribution in [0.25, 0.3) is 0 Å². The highest BCUT2D eigenvalue weighted by atomic mass is 16.1. The van der Waals surface area contributed by atoms with E-state index in [4.69, 9.17) is 0 Å². The number of rotatable bonds is 4. The van der Waals surface area contributed by atoms with E-state index in [1.165, 1.54) is 5.56 Å². The van der Waals surface area contributed by atoms with E-state index in [1.54, 1.807) is 13.8 Å². The van der Waals surface area contributed by atoms with Gasteiger partial charge in [0.1, 0.15) is 0 Å². The highest BCUT2D eigenvalue weighted by Gasteiger charge is 2.04. The lowest BCUT2D eigenvalue weighted by molar-refractivity contribution is -0.111. The van der Waals surface area contributed by atoms with Crippen LogP contribution in [0.2, 0.25) is 0 Å². The van der Waals surface area contributed by atoms with Crippen molar-refractivity contribution in [2.24, 2.45) is 4.99 Å². The first-order chi connectivity index (χ1) is 7.09. The van der Waals surface area contributed by atoms with Gasteiger partial charge in [0.15, 0.2) is 5.78 Å². The molecule has 0 saturated carbocycles. The van der Waals surface area contributed by atoms with Gasteiger partial charge >= 0.3 is 0 Å². The van der Waals surface area contributed by atoms with Crippen LogP contribution in [0.15, 0.2) is 35.3 Å². The van der Waals surface area contributed by atoms with Gasteiger partial charge in [-0.3, -0.25) is 9.79 Å². The molecule has 0 spiro atoms. The van der Waals surface area contributed by atoms with Crippen LogP contribution in [0.1, 0.15) is 26.3 Å². The Balaban J connectivity index is 2.61. The van der Waals surface area contributed by atoms with Crippen molar-refractivity contribution in [2.45, 2.75) is 33.2 Å². The molecule has 80 valence electrons. The molecule has 0 aliphatic heterocycles. The second-order valence-electron chi connectivity index (χ2n) is 3.81. The van der Waals surface area contributed by atoms with Gasteiger partial charge in [0.25, 0.3) is 0 Å². The minimum absolute atomic E-state index is 0.0508. The van der Waals surface area contributed by atoms with Crippen molar-refractivity contribution in [3.8, 4) is 0 Å². The van der Waals surface area contributed by atoms with E-state index in [2.05, 4.69) is 17.1 Å². The highest BCUT2D eigenvalue weighted by molar-refractivity contribution is 6.38. The van der Waals surface area contributed by atoms with Crippen LogP contribution in [0.3, 0.4) is 0 Å². The smallest absolute Gasteiger partial charge is 0.173 e. The third kappa shape index (κ3) is 4.07. The lowest BCUT2D eigenvalue weighted by Gasteiger charge is -2.07. The van der Waals surface area contributed by atoms with Crippen molar-refractivity contribution >= 4 is 11.5 Å². The topological polar surface area (TPSA) is 29.4 Å². The van der Waals surface area contributed by atoms with Gasteiger partial charge in [0.2, 0.25) is 0 Å². The lowest BCUT2D eigenvalue weighted by Crippen LogP contribution is -2.11. The van der Waals surface area contributed by atoms with E-state index in [0.29, 0.717) is 5.71 Å². The van der Waals surface area contributed by atoms with E-state index in [9.17, 15) is 4.79 Å². The van der Waals surface area contributed by atoms with Gasteiger partial charge in [-0.15, -0.1) is 0 Å². The van der Waals surface area contributed by atoms with E-state index >= 15 is 0 Å². The van der Waals surface area contributed by atoms with E-state index in [1.807, 2.05) is 25.1 Å². The second-order valence-corrected chi connectivity index (χ2v) is 3.81. The monoisotopic (exact) mass is 203 g/mol. The maximum Gasteiger partial charge on any atom is 0.173 e. The van der Waals surface area contributed by atoms with E-state index < -0.39 is 0 Å². The molecule has 1 aromatic rings. The van der Waals surface area contributed by atoms with Crippen molar-refractivity contribution in [1.82, 2.24) is 0 Å². The van der Waals surface area contributed by atoms with Gasteiger partial charge in [-0.2, -0.15) is 0 Å². The molecule has 15 heavy (non-hydrogen) atoms. The molecule has 0 fully saturated rings. The zero-order chi connectivity index (χ0) is 11.3. The zero-order valence-electron chi connectivity index (χ0n) is 9.53. The summed E-state index contributed by atoms with van der Waals surface area (Å²) in [5.74, 6) is 0.0508. The number of hydrogen-bond acceptors (Lipinski definition) is 2. The molecule has 0 saturated heterocycles. The third-order valence-corrected chi connectivity index (χ3v) is 2.30. The quantitative estimate of drug-likeness (QED) is 0.692. The first kappa shape index (κ1) is 11.6. The summed E-state index contributed by atoms with van der Waals surface area (Å²) >= 11 is 0. The SMILES string of the molecule is CC(=O)C(C)=N[C@H](C)Cc1ccccc1. The molecule has 0 heterocycles. The maximum atomic E-state index is 11.0. The van der Waals surface area contributed by atoms with Gasteiger partial charge in [0, 0.05) is 6.92 Å². The van der Waals surface area contributed by atoms with Gasteiger partial charge in [0.05, 0.1) is 11.8 Å². The Morgan fingerprint density at radius 1 is 1.27 bits per heavy atom. The third-order valence-electron chi connectivity index (χ3n) is 2.30. The normalized spacial score (nSPS) is 13.7. The maximum absolute atomic E-state index is 11.0. The van der Waals surface area contributed by atoms with Crippen molar-refractivity contribution in [2.75, 3.05) is 0 Å². The van der Waals surface area contributed by atoms with Gasteiger partial charge in [-0.25, -0.2) is 0 Å². The average Bonchev–Trinajstić information content (AvgIpc) is 2.18. The number of carbonyl (C=O) groups is 1. The minimum Gasteiger partial charge on any atom is -0.293 e. The molecule has 1 atom stereocenters. The van der Waals surface area contributed by atoms with Gasteiger partial charge in [-0.1, -0.05) is 30.3 Å². The molecule has 0 N–H and O–H groups in total. The number of aliphatic imine (C=N–C) groups is 1. The summed E-state index contributed by atoms with van der Waals surface area (Å²) in [5, 5.41) is 0. The first-order valence-corrected chi connectivity index (χ1v) is 5.19. The number of carbonyl (C=O) groups excluding carboxylic acids is 1. The summed E-state index contributed by atoms with van der Waals surface area (Å²) < 4.78 is 0. The van der Waals surface area contributed by atoms with Gasteiger partial charge in [-0.05, 0) is 25.8 Å². The van der Waals surface area contributed by atoms with Crippen LogP contribution in [0.4, 0.5) is 0 Å². The standard InChI is InChI=1S/C13H17NO/c1-10(14-11(2)12(3)15)9-13-7-5-4-6-8-13/h4-8,10H,9H2,1-3H3/t10-/m1/s1. The molecule has 2 heteroatoms. The number of nitrogens with zero attached hydrogens (tertiary/aromatic N) is 1. The van der Waals surface area contributed by atoms with E-state index in [0.717, 1.165) is 6.42 Å². The number of benzene rings is 1. The van der Waals surface area contributed by atoms with Gasteiger partial charge < -0.3 is 0 Å². The molecule has 1 rings (SSSR count). The number of hydrogen-bond donors (Lipinski definition) is 0. The largest absolute Gasteiger partial charge is 0.293 e. The fourth-order valence-electron chi connectivity index (χ4n) is 1.42. The van der Waals surface area contributed by atoms with E-state index in [-0.39, 0.29) is 11.8 Å². The van der Waals surface area contributed by atoms with Crippen LogP contribution >= 0.6 is 0 Å². The molecular formula is C13H17NO. The Kier molecular flexibility index (Phi) is 4.22. The average molecular weight is 203 g/mol. The summed E-state index contributed by atoms with van der Waals surface area (Å²) in [7, 11) is 0. The fourth-order valence-corrected chi connectivity index (χ4v) is 1.42. The van der Waals surface area contributed by atoms with Crippen LogP contribution in [-0.4, -0.2) is 17.5 Å². The highest BCUT2D eigenvalue weighted by Crippen LogP contribution is 2.05. The molecule has 0 aromatic heterocycles. The Morgan fingerprint density at radius 2 is 1.87 bits per heavy atom. The lowest BCUT2D eigenvalue weighted by atomic mass is 10.1. The zero-order valence-corrected chi connectivity index (χ0v) is 9.53. The summed E-state index contributed by atoms with van der Waals surface area (Å²) in [5.41, 5.74) is 1.86. The predicted octanol–water partition coefficient (Wildman–Crippen LogP) is 2.67. The van der Waals surface area contributed by atoms with Crippen LogP contribution in [0, 0.1) is 0 Å². The number of Topliss-reactive ketones (excluding diaryl/α,β-unsaturated/α-hetero) is 1. The van der Waals surface area contributed by atoms with Crippen LogP contribution < -0.4 is 0 Å². The first-order valence-electron chi connectivity index (χ1n) is 5.19. The molecule has 0 aliphatic carbocycles. The number of ketones is 1. The summed E-state index contributed by atoms with van der Waals surface area (Å²) in [4.78, 5) is 15.3. The molecule has 0 aliphatic rings. The molecule has 0 radical (unpaired) electrons.